The summed E-state index contributed by atoms with van der Waals surface area (Å²) in [6.45, 7) is 4.70. The van der Waals surface area contributed by atoms with Crippen LogP contribution in [-0.2, 0) is 5.41 Å². The molecule has 50 heavy (non-hydrogen) atoms. The molecule has 2 nitrogen and oxygen atoms in total. The minimum atomic E-state index is -0.0703. The van der Waals surface area contributed by atoms with Crippen LogP contribution in [0.25, 0.3) is 49.7 Å². The van der Waals surface area contributed by atoms with Gasteiger partial charge in [0.25, 0.3) is 0 Å². The maximum atomic E-state index is 10.4. The first-order valence-corrected chi connectivity index (χ1v) is 17.6. The molecule has 12 rings (SSSR count). The van der Waals surface area contributed by atoms with E-state index in [1.165, 1.54) is 94.3 Å². The summed E-state index contributed by atoms with van der Waals surface area (Å²) in [5, 5.41) is 12.9. The third-order valence-corrected chi connectivity index (χ3v) is 12.0. The number of rotatable bonds is 2. The van der Waals surface area contributed by atoms with E-state index in [9.17, 15) is 5.26 Å². The van der Waals surface area contributed by atoms with Gasteiger partial charge in [-0.3, -0.25) is 0 Å². The van der Waals surface area contributed by atoms with Gasteiger partial charge in [0.1, 0.15) is 0 Å². The molecule has 0 fully saturated rings. The molecule has 2 bridgehead atoms. The Kier molecular flexibility index (Phi) is 5.39. The quantitative estimate of drug-likeness (QED) is 0.186. The lowest BCUT2D eigenvalue weighted by molar-refractivity contribution is 0.660. The summed E-state index contributed by atoms with van der Waals surface area (Å²) in [6, 6.07) is 56.2. The molecule has 0 saturated carbocycles. The molecule has 1 aromatic heterocycles. The maximum Gasteiger partial charge on any atom is 0.0994 e. The van der Waals surface area contributed by atoms with Gasteiger partial charge in [-0.25, -0.2) is 0 Å². The molecule has 2 heteroatoms. The number of benzene rings is 7. The van der Waals surface area contributed by atoms with E-state index in [1.807, 2.05) is 0 Å². The van der Waals surface area contributed by atoms with Crippen LogP contribution in [0.5, 0.6) is 0 Å². The van der Waals surface area contributed by atoms with E-state index in [0.29, 0.717) is 0 Å². The zero-order valence-corrected chi connectivity index (χ0v) is 27.9. The van der Waals surface area contributed by atoms with Crippen molar-refractivity contribution in [1.29, 1.82) is 5.26 Å². The molecule has 0 amide bonds. The molecule has 0 N–H and O–H groups in total. The SMILES string of the molecule is CC1(C)c2ccccc2-c2ccc(-n3c4ccccc4c4cc(-c5ccc(C#N)c6c5C5c7ccccc7C6c6ccccc65)ccc43)cc21. The fraction of sp³-hybridized carbons (Fsp3) is 0.104. The minimum absolute atomic E-state index is 0.0536. The number of nitriles is 1. The van der Waals surface area contributed by atoms with E-state index in [1.54, 1.807) is 0 Å². The van der Waals surface area contributed by atoms with E-state index in [4.69, 9.17) is 0 Å². The summed E-state index contributed by atoms with van der Waals surface area (Å²) in [6.07, 6.45) is 0. The lowest BCUT2D eigenvalue weighted by Gasteiger charge is -2.43. The average molecular weight is 637 g/mol. The van der Waals surface area contributed by atoms with Gasteiger partial charge in [0, 0.05) is 33.7 Å². The number of hydrogen-bond donors (Lipinski definition) is 0. The van der Waals surface area contributed by atoms with Crippen LogP contribution in [-0.4, -0.2) is 4.57 Å². The van der Waals surface area contributed by atoms with Crippen LogP contribution in [0.3, 0.4) is 0 Å². The Hall–Kier alpha value is -6.17. The molecule has 0 atom stereocenters. The Morgan fingerprint density at radius 2 is 1.12 bits per heavy atom. The van der Waals surface area contributed by atoms with E-state index >= 15 is 0 Å². The summed E-state index contributed by atoms with van der Waals surface area (Å²) in [4.78, 5) is 0. The molecule has 0 spiro atoms. The van der Waals surface area contributed by atoms with Crippen LogP contribution in [0, 0.1) is 11.3 Å². The Bertz CT molecular complexity index is 2770. The van der Waals surface area contributed by atoms with E-state index < -0.39 is 0 Å². The van der Waals surface area contributed by atoms with Crippen molar-refractivity contribution in [3.63, 3.8) is 0 Å². The van der Waals surface area contributed by atoms with Crippen molar-refractivity contribution >= 4 is 21.8 Å². The topological polar surface area (TPSA) is 28.7 Å². The molecule has 0 aliphatic heterocycles. The number of para-hydroxylation sites is 1. The third kappa shape index (κ3) is 3.42. The van der Waals surface area contributed by atoms with Gasteiger partial charge in [-0.15, -0.1) is 0 Å². The highest BCUT2D eigenvalue weighted by Gasteiger charge is 2.43. The smallest absolute Gasteiger partial charge is 0.0994 e. The predicted molar refractivity (Wildman–Crippen MR) is 203 cm³/mol. The number of nitrogens with zero attached hydrogens (tertiary/aromatic N) is 2. The van der Waals surface area contributed by atoms with Gasteiger partial charge in [0.05, 0.1) is 22.7 Å². The van der Waals surface area contributed by atoms with E-state index in [-0.39, 0.29) is 17.3 Å². The summed E-state index contributed by atoms with van der Waals surface area (Å²) in [5.74, 6) is 0.138. The molecular weight excluding hydrogens is 605 g/mol. The largest absolute Gasteiger partial charge is 0.309 e. The standard InChI is InChI=1S/C48H32N2/c1-48(2)40-17-9-7-11-32(40)33-23-21-30(26-41(33)48)50-42-18-10-8-12-34(42)39-25-28(20-24-43(39)50)31-22-19-29(27-49)44-45-35-13-3-5-15-37(35)46(47(31)44)38-16-6-4-14-36(38)45/h3-26,45-46H,1-2H3. The fourth-order valence-electron chi connectivity index (χ4n) is 9.89. The van der Waals surface area contributed by atoms with Gasteiger partial charge < -0.3 is 4.57 Å². The van der Waals surface area contributed by atoms with E-state index in [2.05, 4.69) is 170 Å². The molecule has 8 aromatic rings. The van der Waals surface area contributed by atoms with Crippen molar-refractivity contribution in [3.8, 4) is 34.0 Å². The first-order chi connectivity index (χ1) is 24.5. The van der Waals surface area contributed by atoms with Crippen molar-refractivity contribution < 1.29 is 0 Å². The summed E-state index contributed by atoms with van der Waals surface area (Å²) in [7, 11) is 0. The van der Waals surface area contributed by atoms with Gasteiger partial charge in [-0.05, 0) is 103 Å². The average Bonchev–Trinajstić information content (AvgIpc) is 3.62. The van der Waals surface area contributed by atoms with Crippen molar-refractivity contribution in [2.75, 3.05) is 0 Å². The van der Waals surface area contributed by atoms with E-state index in [0.717, 1.165) is 5.56 Å². The minimum Gasteiger partial charge on any atom is -0.309 e. The van der Waals surface area contributed by atoms with Crippen LogP contribution in [0.4, 0.5) is 0 Å². The molecule has 1 heterocycles. The van der Waals surface area contributed by atoms with Crippen LogP contribution in [0.15, 0.2) is 146 Å². The molecular formula is C48H32N2. The van der Waals surface area contributed by atoms with Crippen molar-refractivity contribution in [2.24, 2.45) is 0 Å². The summed E-state index contributed by atoms with van der Waals surface area (Å²) in [5.41, 5.74) is 20.0. The van der Waals surface area contributed by atoms with Crippen LogP contribution in [0.1, 0.15) is 75.8 Å². The highest BCUT2D eigenvalue weighted by Crippen LogP contribution is 2.58. The van der Waals surface area contributed by atoms with Crippen molar-refractivity contribution in [3.05, 3.63) is 196 Å². The van der Waals surface area contributed by atoms with Gasteiger partial charge in [0.2, 0.25) is 0 Å². The first-order valence-electron chi connectivity index (χ1n) is 17.6. The maximum absolute atomic E-state index is 10.4. The second-order valence-electron chi connectivity index (χ2n) is 14.7. The second-order valence-corrected chi connectivity index (χ2v) is 14.7. The van der Waals surface area contributed by atoms with Crippen molar-refractivity contribution in [2.45, 2.75) is 31.1 Å². The molecule has 0 radical (unpaired) electrons. The van der Waals surface area contributed by atoms with Crippen LogP contribution >= 0.6 is 0 Å². The normalized spacial score (nSPS) is 17.1. The fourth-order valence-corrected chi connectivity index (χ4v) is 9.89. The van der Waals surface area contributed by atoms with Gasteiger partial charge >= 0.3 is 0 Å². The van der Waals surface area contributed by atoms with Gasteiger partial charge in [-0.2, -0.15) is 5.26 Å². The molecule has 0 saturated heterocycles. The predicted octanol–water partition coefficient (Wildman–Crippen LogP) is 11.6. The van der Waals surface area contributed by atoms with Crippen LogP contribution in [0.2, 0.25) is 0 Å². The summed E-state index contributed by atoms with van der Waals surface area (Å²) < 4.78 is 2.44. The third-order valence-electron chi connectivity index (χ3n) is 12.0. The monoisotopic (exact) mass is 636 g/mol. The highest BCUT2D eigenvalue weighted by atomic mass is 15.0. The van der Waals surface area contributed by atoms with Crippen LogP contribution < -0.4 is 0 Å². The molecule has 4 aliphatic rings. The lowest BCUT2D eigenvalue weighted by Crippen LogP contribution is -2.29. The zero-order valence-electron chi connectivity index (χ0n) is 27.9. The first kappa shape index (κ1) is 27.7. The number of fused-ring (bicyclic) bond motifs is 6. The van der Waals surface area contributed by atoms with Gasteiger partial charge in [0.15, 0.2) is 0 Å². The lowest BCUT2D eigenvalue weighted by atomic mass is 9.59. The Balaban J connectivity index is 1.14. The van der Waals surface area contributed by atoms with Crippen molar-refractivity contribution in [1.82, 2.24) is 4.57 Å². The Morgan fingerprint density at radius 3 is 1.86 bits per heavy atom. The Morgan fingerprint density at radius 1 is 0.520 bits per heavy atom. The Labute approximate surface area is 291 Å². The summed E-state index contributed by atoms with van der Waals surface area (Å²) >= 11 is 0. The highest BCUT2D eigenvalue weighted by molar-refractivity contribution is 6.10. The molecule has 4 aliphatic carbocycles. The number of hydrogen-bond acceptors (Lipinski definition) is 1. The second kappa shape index (κ2) is 9.71. The molecule has 7 aromatic carbocycles. The number of aromatic nitrogens is 1. The zero-order chi connectivity index (χ0) is 33.3. The molecule has 0 unspecified atom stereocenters. The van der Waals surface area contributed by atoms with Gasteiger partial charge in [-0.1, -0.05) is 123 Å². The molecule has 234 valence electrons.